The first-order valence-corrected chi connectivity index (χ1v) is 10.1. The lowest BCUT2D eigenvalue weighted by Crippen LogP contribution is -2.44. The normalized spacial score (nSPS) is 18.0. The molecule has 1 saturated heterocycles. The first-order chi connectivity index (χ1) is 11.9. The maximum atomic E-state index is 12.8. The summed E-state index contributed by atoms with van der Waals surface area (Å²) in [5, 5.41) is 0. The van der Waals surface area contributed by atoms with Crippen molar-refractivity contribution >= 4 is 15.7 Å². The molecule has 0 saturated carbocycles. The number of rotatable bonds is 4. The van der Waals surface area contributed by atoms with Gasteiger partial charge < -0.3 is 9.64 Å². The van der Waals surface area contributed by atoms with Crippen LogP contribution in [-0.4, -0.2) is 44.7 Å². The molecule has 0 aromatic heterocycles. The van der Waals surface area contributed by atoms with Crippen molar-refractivity contribution in [2.75, 3.05) is 19.3 Å². The van der Waals surface area contributed by atoms with Gasteiger partial charge in [-0.1, -0.05) is 24.3 Å². The zero-order chi connectivity index (χ0) is 17.9. The van der Waals surface area contributed by atoms with E-state index in [1.54, 1.807) is 17.0 Å². The van der Waals surface area contributed by atoms with Crippen LogP contribution >= 0.6 is 0 Å². The molecular weight excluding hydrogens is 338 g/mol. The number of benzene rings is 2. The summed E-state index contributed by atoms with van der Waals surface area (Å²) in [6, 6.07) is 15.8. The molecule has 1 aliphatic heterocycles. The van der Waals surface area contributed by atoms with Crippen LogP contribution in [0.1, 0.15) is 23.2 Å². The van der Waals surface area contributed by atoms with Crippen molar-refractivity contribution < 1.29 is 17.9 Å². The number of likely N-dealkylation sites (tertiary alicyclic amines) is 1. The van der Waals surface area contributed by atoms with Gasteiger partial charge >= 0.3 is 0 Å². The highest BCUT2D eigenvalue weighted by Gasteiger charge is 2.26. The second-order valence-electron chi connectivity index (χ2n) is 6.25. The standard InChI is InChI=1S/C19H21NO4S/c1-25(22,23)18-11-5-7-15(13-18)19(21)20-12-6-10-17(14-20)24-16-8-3-2-4-9-16/h2-5,7-9,11,13,17H,6,10,12,14H2,1H3. The van der Waals surface area contributed by atoms with Gasteiger partial charge in [0, 0.05) is 18.4 Å². The molecule has 2 aromatic rings. The third kappa shape index (κ3) is 4.39. The lowest BCUT2D eigenvalue weighted by molar-refractivity contribution is 0.0537. The Kier molecular flexibility index (Phi) is 5.08. The van der Waals surface area contributed by atoms with Crippen LogP contribution < -0.4 is 4.74 Å². The summed E-state index contributed by atoms with van der Waals surface area (Å²) in [6.07, 6.45) is 2.83. The quantitative estimate of drug-likeness (QED) is 0.842. The van der Waals surface area contributed by atoms with Crippen LogP contribution in [0.2, 0.25) is 0 Å². The molecule has 1 atom stereocenters. The SMILES string of the molecule is CS(=O)(=O)c1cccc(C(=O)N2CCCC(Oc3ccccc3)C2)c1. The molecule has 1 amide bonds. The fraction of sp³-hybridized carbons (Fsp3) is 0.316. The molecule has 6 heteroatoms. The third-order valence-electron chi connectivity index (χ3n) is 4.22. The number of amides is 1. The lowest BCUT2D eigenvalue weighted by Gasteiger charge is -2.33. The predicted octanol–water partition coefficient (Wildman–Crippen LogP) is 2.77. The van der Waals surface area contributed by atoms with Crippen LogP contribution in [0.4, 0.5) is 0 Å². The van der Waals surface area contributed by atoms with Crippen LogP contribution in [0.25, 0.3) is 0 Å². The van der Waals surface area contributed by atoms with E-state index in [-0.39, 0.29) is 16.9 Å². The highest BCUT2D eigenvalue weighted by molar-refractivity contribution is 7.90. The van der Waals surface area contributed by atoms with Gasteiger partial charge in [0.1, 0.15) is 11.9 Å². The lowest BCUT2D eigenvalue weighted by atomic mass is 10.1. The van der Waals surface area contributed by atoms with Crippen LogP contribution in [0, 0.1) is 0 Å². The molecule has 3 rings (SSSR count). The van der Waals surface area contributed by atoms with Crippen molar-refractivity contribution in [2.24, 2.45) is 0 Å². The first-order valence-electron chi connectivity index (χ1n) is 8.24. The highest BCUT2D eigenvalue weighted by Crippen LogP contribution is 2.20. The number of para-hydroxylation sites is 1. The number of carbonyl (C=O) groups is 1. The van der Waals surface area contributed by atoms with Crippen LogP contribution in [0.15, 0.2) is 59.5 Å². The molecule has 0 spiro atoms. The van der Waals surface area contributed by atoms with Crippen LogP contribution in [0.5, 0.6) is 5.75 Å². The Morgan fingerprint density at radius 2 is 1.88 bits per heavy atom. The summed E-state index contributed by atoms with van der Waals surface area (Å²) in [5.74, 6) is 0.632. The number of piperidine rings is 1. The van der Waals surface area contributed by atoms with Gasteiger partial charge in [-0.25, -0.2) is 8.42 Å². The number of carbonyl (C=O) groups excluding carboxylic acids is 1. The van der Waals surface area contributed by atoms with Crippen molar-refractivity contribution in [1.29, 1.82) is 0 Å². The molecule has 0 bridgehead atoms. The molecular formula is C19H21NO4S. The summed E-state index contributed by atoms with van der Waals surface area (Å²) < 4.78 is 29.3. The van der Waals surface area contributed by atoms with E-state index in [1.807, 2.05) is 30.3 Å². The fourth-order valence-electron chi connectivity index (χ4n) is 2.95. The van der Waals surface area contributed by atoms with Crippen molar-refractivity contribution in [3.8, 4) is 5.75 Å². The maximum Gasteiger partial charge on any atom is 0.254 e. The summed E-state index contributed by atoms with van der Waals surface area (Å²) >= 11 is 0. The Bertz CT molecular complexity index is 849. The van der Waals surface area contributed by atoms with Gasteiger partial charge in [-0.15, -0.1) is 0 Å². The minimum absolute atomic E-state index is 0.0572. The monoisotopic (exact) mass is 359 g/mol. The zero-order valence-corrected chi connectivity index (χ0v) is 14.9. The van der Waals surface area contributed by atoms with Gasteiger partial charge in [0.05, 0.1) is 11.4 Å². The number of nitrogens with zero attached hydrogens (tertiary/aromatic N) is 1. The molecule has 1 heterocycles. The minimum atomic E-state index is -3.34. The van der Waals surface area contributed by atoms with Gasteiger partial charge in [0.2, 0.25) is 0 Å². The van der Waals surface area contributed by atoms with Gasteiger partial charge in [0.25, 0.3) is 5.91 Å². The van der Waals surface area contributed by atoms with E-state index < -0.39 is 9.84 Å². The largest absolute Gasteiger partial charge is 0.489 e. The Morgan fingerprint density at radius 3 is 2.60 bits per heavy atom. The molecule has 5 nitrogen and oxygen atoms in total. The summed E-state index contributed by atoms with van der Waals surface area (Å²) in [4.78, 5) is 14.6. The van der Waals surface area contributed by atoms with Crippen LogP contribution in [-0.2, 0) is 9.84 Å². The van der Waals surface area contributed by atoms with E-state index in [1.165, 1.54) is 12.1 Å². The van der Waals surface area contributed by atoms with Crippen molar-refractivity contribution in [3.05, 3.63) is 60.2 Å². The van der Waals surface area contributed by atoms with E-state index in [4.69, 9.17) is 4.74 Å². The number of hydrogen-bond acceptors (Lipinski definition) is 4. The maximum absolute atomic E-state index is 12.8. The smallest absolute Gasteiger partial charge is 0.254 e. The van der Waals surface area contributed by atoms with Gasteiger partial charge in [-0.2, -0.15) is 0 Å². The minimum Gasteiger partial charge on any atom is -0.489 e. The average molecular weight is 359 g/mol. The van der Waals surface area contributed by atoms with E-state index in [0.717, 1.165) is 24.8 Å². The molecule has 2 aromatic carbocycles. The predicted molar refractivity (Wildman–Crippen MR) is 95.5 cm³/mol. The Labute approximate surface area is 148 Å². The summed E-state index contributed by atoms with van der Waals surface area (Å²) in [7, 11) is -3.34. The van der Waals surface area contributed by atoms with E-state index in [2.05, 4.69) is 0 Å². The Morgan fingerprint density at radius 1 is 1.12 bits per heavy atom. The van der Waals surface area contributed by atoms with Gasteiger partial charge in [0.15, 0.2) is 9.84 Å². The topological polar surface area (TPSA) is 63.7 Å². The molecule has 1 aliphatic rings. The second-order valence-corrected chi connectivity index (χ2v) is 8.26. The number of sulfone groups is 1. The molecule has 1 unspecified atom stereocenters. The number of ether oxygens (including phenoxy) is 1. The van der Waals surface area contributed by atoms with Crippen LogP contribution in [0.3, 0.4) is 0 Å². The van der Waals surface area contributed by atoms with E-state index >= 15 is 0 Å². The molecule has 25 heavy (non-hydrogen) atoms. The molecule has 132 valence electrons. The van der Waals surface area contributed by atoms with Crippen molar-refractivity contribution in [1.82, 2.24) is 4.90 Å². The Hall–Kier alpha value is -2.34. The second kappa shape index (κ2) is 7.27. The molecule has 0 N–H and O–H groups in total. The first kappa shape index (κ1) is 17.5. The molecule has 0 radical (unpaired) electrons. The van der Waals surface area contributed by atoms with Crippen molar-refractivity contribution in [2.45, 2.75) is 23.8 Å². The number of hydrogen-bond donors (Lipinski definition) is 0. The summed E-state index contributed by atoms with van der Waals surface area (Å²) in [6.45, 7) is 1.15. The van der Waals surface area contributed by atoms with Gasteiger partial charge in [-0.05, 0) is 43.2 Å². The summed E-state index contributed by atoms with van der Waals surface area (Å²) in [5.41, 5.74) is 0.392. The molecule has 0 aliphatic carbocycles. The molecule has 1 fully saturated rings. The fourth-order valence-corrected chi connectivity index (χ4v) is 3.62. The highest BCUT2D eigenvalue weighted by atomic mass is 32.2. The van der Waals surface area contributed by atoms with E-state index in [0.29, 0.717) is 18.7 Å². The van der Waals surface area contributed by atoms with Gasteiger partial charge in [-0.3, -0.25) is 4.79 Å². The zero-order valence-electron chi connectivity index (χ0n) is 14.1. The average Bonchev–Trinajstić information content (AvgIpc) is 2.61. The third-order valence-corrected chi connectivity index (χ3v) is 5.33. The van der Waals surface area contributed by atoms with Crippen molar-refractivity contribution in [3.63, 3.8) is 0 Å². The Balaban J connectivity index is 1.72. The van der Waals surface area contributed by atoms with E-state index in [9.17, 15) is 13.2 Å².